The molecular weight excluding hydrogens is 214 g/mol. The lowest BCUT2D eigenvalue weighted by atomic mass is 9.89. The van der Waals surface area contributed by atoms with Crippen LogP contribution >= 0.6 is 0 Å². The number of rotatable bonds is 6. The molecule has 0 unspecified atom stereocenters. The molecule has 0 saturated heterocycles. The average Bonchev–Trinajstić information content (AvgIpc) is 2.06. The number of hydrogen-bond acceptors (Lipinski definition) is 2. The molecule has 0 radical (unpaired) electrons. The van der Waals surface area contributed by atoms with Crippen LogP contribution in [0, 0.1) is 5.41 Å². The summed E-state index contributed by atoms with van der Waals surface area (Å²) in [6.07, 6.45) is 3.92. The van der Waals surface area contributed by atoms with Crippen molar-refractivity contribution in [2.24, 2.45) is 5.41 Å². The molecule has 2 N–H and O–H groups in total. The highest BCUT2D eigenvalue weighted by Crippen LogP contribution is 2.22. The van der Waals surface area contributed by atoms with Crippen LogP contribution < -0.4 is 5.32 Å². The van der Waals surface area contributed by atoms with E-state index in [-0.39, 0.29) is 5.54 Å². The van der Waals surface area contributed by atoms with Crippen molar-refractivity contribution in [1.82, 2.24) is 5.32 Å². The molecular formula is C14H29NO2. The van der Waals surface area contributed by atoms with Crippen LogP contribution in [0.5, 0.6) is 0 Å². The zero-order chi connectivity index (χ0) is 13.7. The van der Waals surface area contributed by atoms with Crippen LogP contribution in [0.4, 0.5) is 0 Å². The first-order chi connectivity index (χ1) is 7.51. The Hall–Kier alpha value is -0.570. The second-order valence-corrected chi connectivity index (χ2v) is 7.09. The first-order valence-corrected chi connectivity index (χ1v) is 6.52. The predicted octanol–water partition coefficient (Wildman–Crippen LogP) is 3.43. The third-order valence-corrected chi connectivity index (χ3v) is 2.57. The lowest BCUT2D eigenvalue weighted by Gasteiger charge is -2.26. The summed E-state index contributed by atoms with van der Waals surface area (Å²) in [7, 11) is 0. The number of carbonyl (C=O) groups is 1. The highest BCUT2D eigenvalue weighted by Gasteiger charge is 2.22. The fraction of sp³-hybridized carbons (Fsp3) is 0.929. The van der Waals surface area contributed by atoms with Crippen LogP contribution in [-0.4, -0.2) is 22.7 Å². The summed E-state index contributed by atoms with van der Waals surface area (Å²) in [5.74, 6) is -0.740. The van der Waals surface area contributed by atoms with Crippen molar-refractivity contribution in [3.05, 3.63) is 0 Å². The quantitative estimate of drug-likeness (QED) is 0.703. The van der Waals surface area contributed by atoms with E-state index in [0.29, 0.717) is 11.8 Å². The maximum atomic E-state index is 11.1. The summed E-state index contributed by atoms with van der Waals surface area (Å²) in [6, 6.07) is -0.421. The molecule has 0 fully saturated rings. The third-order valence-electron chi connectivity index (χ3n) is 2.57. The maximum Gasteiger partial charge on any atom is 0.320 e. The Balaban J connectivity index is 3.99. The lowest BCUT2D eigenvalue weighted by molar-refractivity contribution is -0.140. The first kappa shape index (κ1) is 16.4. The van der Waals surface area contributed by atoms with E-state index in [4.69, 9.17) is 5.11 Å². The summed E-state index contributed by atoms with van der Waals surface area (Å²) in [6.45, 7) is 12.6. The van der Waals surface area contributed by atoms with Gasteiger partial charge in [-0.15, -0.1) is 0 Å². The van der Waals surface area contributed by atoms with Gasteiger partial charge in [0.25, 0.3) is 0 Å². The third kappa shape index (κ3) is 10.3. The monoisotopic (exact) mass is 243 g/mol. The Morgan fingerprint density at radius 2 is 1.65 bits per heavy atom. The number of carboxylic acids is 1. The van der Waals surface area contributed by atoms with E-state index in [1.54, 1.807) is 0 Å². The number of carboxylic acid groups (broad SMARTS) is 1. The van der Waals surface area contributed by atoms with Gasteiger partial charge in [-0.1, -0.05) is 33.6 Å². The van der Waals surface area contributed by atoms with E-state index in [9.17, 15) is 4.79 Å². The summed E-state index contributed by atoms with van der Waals surface area (Å²) < 4.78 is 0. The molecule has 0 aliphatic heterocycles. The minimum absolute atomic E-state index is 0.146. The smallest absolute Gasteiger partial charge is 0.320 e. The van der Waals surface area contributed by atoms with Crippen LogP contribution in [0.25, 0.3) is 0 Å². The molecule has 0 aromatic carbocycles. The van der Waals surface area contributed by atoms with Crippen LogP contribution in [0.2, 0.25) is 0 Å². The van der Waals surface area contributed by atoms with Crippen molar-refractivity contribution in [2.45, 2.75) is 78.8 Å². The van der Waals surface area contributed by atoms with Crippen LogP contribution in [0.3, 0.4) is 0 Å². The van der Waals surface area contributed by atoms with Gasteiger partial charge in [-0.25, -0.2) is 0 Å². The Morgan fingerprint density at radius 3 is 2.00 bits per heavy atom. The molecule has 0 aromatic heterocycles. The van der Waals surface area contributed by atoms with Gasteiger partial charge < -0.3 is 5.11 Å². The molecule has 1 atom stereocenters. The molecule has 0 saturated carbocycles. The molecule has 0 spiro atoms. The molecule has 3 heteroatoms. The Morgan fingerprint density at radius 1 is 1.12 bits per heavy atom. The summed E-state index contributed by atoms with van der Waals surface area (Å²) in [5, 5.41) is 12.3. The van der Waals surface area contributed by atoms with E-state index < -0.39 is 12.0 Å². The van der Waals surface area contributed by atoms with Crippen molar-refractivity contribution < 1.29 is 9.90 Å². The Bertz CT molecular complexity index is 236. The molecule has 0 heterocycles. The van der Waals surface area contributed by atoms with Gasteiger partial charge in [0.15, 0.2) is 0 Å². The number of unbranched alkanes of at least 4 members (excludes halogenated alkanes) is 1. The van der Waals surface area contributed by atoms with Crippen molar-refractivity contribution in [3.63, 3.8) is 0 Å². The Labute approximate surface area is 106 Å². The average molecular weight is 243 g/mol. The summed E-state index contributed by atoms with van der Waals surface area (Å²) in [5.41, 5.74) is 0.198. The standard InChI is InChI=1S/C14H29NO2/c1-13(2,3)10-8-7-9-11(12(16)17)15-14(4,5)6/h11,15H,7-10H2,1-6H3,(H,16,17)/t11-/m0/s1. The summed E-state index contributed by atoms with van der Waals surface area (Å²) in [4.78, 5) is 11.1. The first-order valence-electron chi connectivity index (χ1n) is 6.52. The minimum Gasteiger partial charge on any atom is -0.480 e. The SMILES string of the molecule is CC(C)(C)CCCC[C@H](NC(C)(C)C)C(=O)O. The number of nitrogens with one attached hydrogen (secondary N) is 1. The molecule has 102 valence electrons. The molecule has 0 aromatic rings. The van der Waals surface area contributed by atoms with Gasteiger partial charge >= 0.3 is 5.97 Å². The highest BCUT2D eigenvalue weighted by atomic mass is 16.4. The van der Waals surface area contributed by atoms with Crippen LogP contribution in [0.15, 0.2) is 0 Å². The number of aliphatic carboxylic acids is 1. The summed E-state index contributed by atoms with van der Waals surface area (Å²) >= 11 is 0. The van der Waals surface area contributed by atoms with E-state index in [1.165, 1.54) is 0 Å². The molecule has 0 aliphatic carbocycles. The van der Waals surface area contributed by atoms with Crippen molar-refractivity contribution in [1.29, 1.82) is 0 Å². The van der Waals surface area contributed by atoms with Gasteiger partial charge in [0.1, 0.15) is 6.04 Å². The normalized spacial score (nSPS) is 14.7. The molecule has 0 aliphatic rings. The van der Waals surface area contributed by atoms with Crippen molar-refractivity contribution in [3.8, 4) is 0 Å². The van der Waals surface area contributed by atoms with Crippen LogP contribution in [-0.2, 0) is 4.79 Å². The van der Waals surface area contributed by atoms with Gasteiger partial charge in [-0.2, -0.15) is 0 Å². The molecule has 0 bridgehead atoms. The number of hydrogen-bond donors (Lipinski definition) is 2. The van der Waals surface area contributed by atoms with E-state index in [2.05, 4.69) is 26.1 Å². The zero-order valence-electron chi connectivity index (χ0n) is 12.3. The Kier molecular flexibility index (Phi) is 6.17. The van der Waals surface area contributed by atoms with Crippen molar-refractivity contribution in [2.75, 3.05) is 0 Å². The van der Waals surface area contributed by atoms with Gasteiger partial charge in [-0.05, 0) is 39.0 Å². The van der Waals surface area contributed by atoms with E-state index in [1.807, 2.05) is 20.8 Å². The molecule has 3 nitrogen and oxygen atoms in total. The fourth-order valence-electron chi connectivity index (χ4n) is 1.78. The zero-order valence-corrected chi connectivity index (χ0v) is 12.3. The van der Waals surface area contributed by atoms with Gasteiger partial charge in [0.05, 0.1) is 0 Å². The second kappa shape index (κ2) is 6.39. The fourth-order valence-corrected chi connectivity index (χ4v) is 1.78. The van der Waals surface area contributed by atoms with Gasteiger partial charge in [0.2, 0.25) is 0 Å². The van der Waals surface area contributed by atoms with E-state index >= 15 is 0 Å². The molecule has 0 amide bonds. The topological polar surface area (TPSA) is 49.3 Å². The largest absolute Gasteiger partial charge is 0.480 e. The van der Waals surface area contributed by atoms with Crippen molar-refractivity contribution >= 4 is 5.97 Å². The predicted molar refractivity (Wildman–Crippen MR) is 72.2 cm³/mol. The molecule has 0 rings (SSSR count). The van der Waals surface area contributed by atoms with Crippen LogP contribution in [0.1, 0.15) is 67.2 Å². The highest BCUT2D eigenvalue weighted by molar-refractivity contribution is 5.73. The van der Waals surface area contributed by atoms with Gasteiger partial charge in [0, 0.05) is 5.54 Å². The van der Waals surface area contributed by atoms with E-state index in [0.717, 1.165) is 19.3 Å². The van der Waals surface area contributed by atoms with Gasteiger partial charge in [-0.3, -0.25) is 10.1 Å². The lowest BCUT2D eigenvalue weighted by Crippen LogP contribution is -2.47. The second-order valence-electron chi connectivity index (χ2n) is 7.09. The maximum absolute atomic E-state index is 11.1. The molecule has 17 heavy (non-hydrogen) atoms. The minimum atomic E-state index is -0.740.